The Morgan fingerprint density at radius 1 is 1.29 bits per heavy atom. The van der Waals surface area contributed by atoms with E-state index in [9.17, 15) is 0 Å². The molecule has 0 amide bonds. The molecule has 3 nitrogen and oxygen atoms in total. The molecule has 0 fully saturated rings. The highest BCUT2D eigenvalue weighted by Crippen LogP contribution is 2.28. The Morgan fingerprint density at radius 3 is 2.47 bits per heavy atom. The summed E-state index contributed by atoms with van der Waals surface area (Å²) in [7, 11) is 3.38. The summed E-state index contributed by atoms with van der Waals surface area (Å²) in [6.07, 6.45) is 0. The number of nitrogens with one attached hydrogen (secondary N) is 1. The van der Waals surface area contributed by atoms with Gasteiger partial charge in [-0.2, -0.15) is 0 Å². The van der Waals surface area contributed by atoms with E-state index in [0.29, 0.717) is 18.6 Å². The SMILES string of the molecule is COCC(Nc1ccc(OC)c(Br)c1)C(C)C. The minimum atomic E-state index is 0.306. The van der Waals surface area contributed by atoms with E-state index in [0.717, 1.165) is 15.9 Å². The quantitative estimate of drug-likeness (QED) is 0.872. The van der Waals surface area contributed by atoms with Gasteiger partial charge in [-0.25, -0.2) is 0 Å². The zero-order chi connectivity index (χ0) is 12.8. The monoisotopic (exact) mass is 301 g/mol. The van der Waals surface area contributed by atoms with Gasteiger partial charge in [0, 0.05) is 12.8 Å². The van der Waals surface area contributed by atoms with Crippen LogP contribution in [0.25, 0.3) is 0 Å². The van der Waals surface area contributed by atoms with Crippen molar-refractivity contribution >= 4 is 21.6 Å². The van der Waals surface area contributed by atoms with E-state index in [1.54, 1.807) is 14.2 Å². The largest absolute Gasteiger partial charge is 0.496 e. The molecule has 4 heteroatoms. The first-order valence-electron chi connectivity index (χ1n) is 5.67. The van der Waals surface area contributed by atoms with Crippen molar-refractivity contribution in [3.05, 3.63) is 22.7 Å². The fourth-order valence-corrected chi connectivity index (χ4v) is 2.09. The first-order valence-corrected chi connectivity index (χ1v) is 6.46. The Hall–Kier alpha value is -0.740. The van der Waals surface area contributed by atoms with Crippen molar-refractivity contribution in [3.63, 3.8) is 0 Å². The van der Waals surface area contributed by atoms with Crippen LogP contribution in [0, 0.1) is 5.92 Å². The Bertz CT molecular complexity index is 355. The first kappa shape index (κ1) is 14.3. The number of methoxy groups -OCH3 is 2. The van der Waals surface area contributed by atoms with Crippen LogP contribution in [-0.4, -0.2) is 26.9 Å². The van der Waals surface area contributed by atoms with E-state index in [1.165, 1.54) is 0 Å². The van der Waals surface area contributed by atoms with Gasteiger partial charge in [0.15, 0.2) is 0 Å². The minimum absolute atomic E-state index is 0.306. The lowest BCUT2D eigenvalue weighted by molar-refractivity contribution is 0.171. The highest BCUT2D eigenvalue weighted by atomic mass is 79.9. The fraction of sp³-hybridized carbons (Fsp3) is 0.538. The number of benzene rings is 1. The van der Waals surface area contributed by atoms with Gasteiger partial charge < -0.3 is 14.8 Å². The molecule has 96 valence electrons. The molecule has 0 aromatic heterocycles. The molecule has 17 heavy (non-hydrogen) atoms. The molecular formula is C13H20BrNO2. The summed E-state index contributed by atoms with van der Waals surface area (Å²) in [5, 5.41) is 3.46. The topological polar surface area (TPSA) is 30.5 Å². The van der Waals surface area contributed by atoms with Crippen LogP contribution in [0.5, 0.6) is 5.75 Å². The third kappa shape index (κ3) is 4.21. The molecule has 0 bridgehead atoms. The highest BCUT2D eigenvalue weighted by Gasteiger charge is 2.13. The summed E-state index contributed by atoms with van der Waals surface area (Å²) in [5.74, 6) is 1.35. The van der Waals surface area contributed by atoms with Crippen molar-refractivity contribution in [1.82, 2.24) is 0 Å². The van der Waals surface area contributed by atoms with E-state index >= 15 is 0 Å². The molecule has 0 aliphatic carbocycles. The molecule has 0 saturated carbocycles. The summed E-state index contributed by atoms with van der Waals surface area (Å²) < 4.78 is 11.4. The van der Waals surface area contributed by atoms with Gasteiger partial charge in [0.1, 0.15) is 5.75 Å². The number of hydrogen-bond acceptors (Lipinski definition) is 3. The Labute approximate surface area is 112 Å². The maximum atomic E-state index is 5.21. The van der Waals surface area contributed by atoms with Crippen LogP contribution >= 0.6 is 15.9 Å². The molecule has 0 saturated heterocycles. The third-order valence-electron chi connectivity index (χ3n) is 2.65. The molecule has 1 rings (SSSR count). The summed E-state index contributed by atoms with van der Waals surface area (Å²) in [6.45, 7) is 5.05. The Balaban J connectivity index is 2.76. The van der Waals surface area contributed by atoms with Crippen LogP contribution in [0.2, 0.25) is 0 Å². The van der Waals surface area contributed by atoms with E-state index in [1.807, 2.05) is 18.2 Å². The van der Waals surface area contributed by atoms with Gasteiger partial charge in [-0.05, 0) is 40.0 Å². The van der Waals surface area contributed by atoms with Crippen LogP contribution < -0.4 is 10.1 Å². The van der Waals surface area contributed by atoms with E-state index in [-0.39, 0.29) is 0 Å². The van der Waals surface area contributed by atoms with Crippen LogP contribution in [0.15, 0.2) is 22.7 Å². The van der Waals surface area contributed by atoms with Gasteiger partial charge in [-0.3, -0.25) is 0 Å². The van der Waals surface area contributed by atoms with Gasteiger partial charge >= 0.3 is 0 Å². The van der Waals surface area contributed by atoms with Crippen molar-refractivity contribution < 1.29 is 9.47 Å². The van der Waals surface area contributed by atoms with Crippen molar-refractivity contribution in [3.8, 4) is 5.75 Å². The highest BCUT2D eigenvalue weighted by molar-refractivity contribution is 9.10. The van der Waals surface area contributed by atoms with Crippen molar-refractivity contribution in [2.24, 2.45) is 5.92 Å². The standard InChI is InChI=1S/C13H20BrNO2/c1-9(2)12(8-16-3)15-10-5-6-13(17-4)11(14)7-10/h5-7,9,12,15H,8H2,1-4H3. The smallest absolute Gasteiger partial charge is 0.133 e. The van der Waals surface area contributed by atoms with Gasteiger partial charge in [-0.1, -0.05) is 13.8 Å². The predicted molar refractivity (Wildman–Crippen MR) is 74.8 cm³/mol. The molecule has 0 radical (unpaired) electrons. The minimum Gasteiger partial charge on any atom is -0.496 e. The summed E-state index contributed by atoms with van der Waals surface area (Å²) in [6, 6.07) is 6.27. The van der Waals surface area contributed by atoms with Gasteiger partial charge in [-0.15, -0.1) is 0 Å². The molecule has 1 N–H and O–H groups in total. The number of halogens is 1. The molecule has 0 aliphatic rings. The average Bonchev–Trinajstić information content (AvgIpc) is 2.28. The molecule has 1 unspecified atom stereocenters. The summed E-state index contributed by atoms with van der Waals surface area (Å²) >= 11 is 3.48. The summed E-state index contributed by atoms with van der Waals surface area (Å²) in [4.78, 5) is 0. The van der Waals surface area contributed by atoms with Crippen LogP contribution in [-0.2, 0) is 4.74 Å². The van der Waals surface area contributed by atoms with Crippen LogP contribution in [0.4, 0.5) is 5.69 Å². The number of ether oxygens (including phenoxy) is 2. The Morgan fingerprint density at radius 2 is 2.00 bits per heavy atom. The van der Waals surface area contributed by atoms with Gasteiger partial charge in [0.05, 0.1) is 24.2 Å². The third-order valence-corrected chi connectivity index (χ3v) is 3.27. The molecule has 1 aromatic rings. The average molecular weight is 302 g/mol. The zero-order valence-corrected chi connectivity index (χ0v) is 12.4. The molecule has 1 atom stereocenters. The maximum absolute atomic E-state index is 5.21. The number of rotatable bonds is 6. The number of hydrogen-bond donors (Lipinski definition) is 1. The second kappa shape index (κ2) is 6.87. The first-order chi connectivity index (χ1) is 8.08. The maximum Gasteiger partial charge on any atom is 0.133 e. The molecule has 1 aromatic carbocycles. The second-order valence-electron chi connectivity index (χ2n) is 4.30. The number of anilines is 1. The molecule has 0 heterocycles. The normalized spacial score (nSPS) is 12.6. The molecule has 0 spiro atoms. The molecular weight excluding hydrogens is 282 g/mol. The lowest BCUT2D eigenvalue weighted by Gasteiger charge is -2.23. The fourth-order valence-electron chi connectivity index (χ4n) is 1.55. The lowest BCUT2D eigenvalue weighted by Crippen LogP contribution is -2.30. The van der Waals surface area contributed by atoms with Crippen molar-refractivity contribution in [2.75, 3.05) is 26.1 Å². The van der Waals surface area contributed by atoms with E-state index in [2.05, 4.69) is 35.1 Å². The van der Waals surface area contributed by atoms with E-state index in [4.69, 9.17) is 9.47 Å². The molecule has 0 aliphatic heterocycles. The second-order valence-corrected chi connectivity index (χ2v) is 5.15. The van der Waals surface area contributed by atoms with Crippen LogP contribution in [0.1, 0.15) is 13.8 Å². The summed E-state index contributed by atoms with van der Waals surface area (Å²) in [5.41, 5.74) is 1.06. The van der Waals surface area contributed by atoms with Gasteiger partial charge in [0.2, 0.25) is 0 Å². The van der Waals surface area contributed by atoms with E-state index < -0.39 is 0 Å². The zero-order valence-electron chi connectivity index (χ0n) is 10.8. The van der Waals surface area contributed by atoms with Gasteiger partial charge in [0.25, 0.3) is 0 Å². The predicted octanol–water partition coefficient (Wildman–Crippen LogP) is 3.54. The van der Waals surface area contributed by atoms with Crippen LogP contribution in [0.3, 0.4) is 0 Å². The lowest BCUT2D eigenvalue weighted by atomic mass is 10.1. The van der Waals surface area contributed by atoms with Crippen molar-refractivity contribution in [1.29, 1.82) is 0 Å². The Kier molecular flexibility index (Phi) is 5.78. The van der Waals surface area contributed by atoms with Crippen molar-refractivity contribution in [2.45, 2.75) is 19.9 Å².